The van der Waals surface area contributed by atoms with Gasteiger partial charge in [-0.15, -0.1) is 0 Å². The minimum absolute atomic E-state index is 0.274. The average molecular weight is 332 g/mol. The SMILES string of the molecule is CCN(CC)C(C)(C)C(O)Cc1ccc(Br)cc1F. The summed E-state index contributed by atoms with van der Waals surface area (Å²) >= 11 is 3.24. The first-order valence-corrected chi connectivity index (χ1v) is 7.49. The molecule has 0 aromatic heterocycles. The van der Waals surface area contributed by atoms with Crippen LogP contribution in [0.4, 0.5) is 4.39 Å². The lowest BCUT2D eigenvalue weighted by Crippen LogP contribution is -2.53. The van der Waals surface area contributed by atoms with Gasteiger partial charge in [-0.05, 0) is 44.6 Å². The van der Waals surface area contributed by atoms with E-state index in [1.54, 1.807) is 12.1 Å². The Labute approximate surface area is 123 Å². The molecule has 108 valence electrons. The second-order valence-electron chi connectivity index (χ2n) is 5.28. The van der Waals surface area contributed by atoms with Gasteiger partial charge in [-0.25, -0.2) is 4.39 Å². The molecule has 0 aliphatic carbocycles. The van der Waals surface area contributed by atoms with E-state index in [0.717, 1.165) is 13.1 Å². The number of likely N-dealkylation sites (N-methyl/N-ethyl adjacent to an activating group) is 1. The molecule has 0 aliphatic rings. The van der Waals surface area contributed by atoms with Crippen molar-refractivity contribution in [3.8, 4) is 0 Å². The Bertz CT molecular complexity index is 419. The van der Waals surface area contributed by atoms with Crippen molar-refractivity contribution in [3.05, 3.63) is 34.1 Å². The fraction of sp³-hybridized carbons (Fsp3) is 0.600. The molecule has 1 aromatic carbocycles. The zero-order valence-corrected chi connectivity index (χ0v) is 13.7. The Morgan fingerprint density at radius 1 is 1.32 bits per heavy atom. The molecule has 0 fully saturated rings. The lowest BCUT2D eigenvalue weighted by atomic mass is 9.89. The Hall–Kier alpha value is -0.450. The van der Waals surface area contributed by atoms with Crippen LogP contribution in [-0.2, 0) is 6.42 Å². The molecule has 1 rings (SSSR count). The summed E-state index contributed by atoms with van der Waals surface area (Å²) in [5.74, 6) is -0.274. The first kappa shape index (κ1) is 16.6. The van der Waals surface area contributed by atoms with Crippen molar-refractivity contribution in [2.24, 2.45) is 0 Å². The molecule has 1 aromatic rings. The Morgan fingerprint density at radius 2 is 1.89 bits per heavy atom. The van der Waals surface area contributed by atoms with Crippen molar-refractivity contribution in [2.45, 2.75) is 45.8 Å². The van der Waals surface area contributed by atoms with Crippen LogP contribution in [0, 0.1) is 5.82 Å². The van der Waals surface area contributed by atoms with Gasteiger partial charge < -0.3 is 5.11 Å². The van der Waals surface area contributed by atoms with Crippen LogP contribution in [0.15, 0.2) is 22.7 Å². The lowest BCUT2D eigenvalue weighted by molar-refractivity contribution is -0.00454. The molecular weight excluding hydrogens is 309 g/mol. The normalized spacial score (nSPS) is 13.9. The molecule has 1 N–H and O–H groups in total. The molecule has 19 heavy (non-hydrogen) atoms. The maximum atomic E-state index is 13.8. The van der Waals surface area contributed by atoms with E-state index in [1.165, 1.54) is 6.07 Å². The topological polar surface area (TPSA) is 23.5 Å². The number of rotatable bonds is 6. The molecule has 1 unspecified atom stereocenters. The molecule has 0 heterocycles. The molecule has 4 heteroatoms. The van der Waals surface area contributed by atoms with E-state index >= 15 is 0 Å². The molecule has 0 amide bonds. The summed E-state index contributed by atoms with van der Waals surface area (Å²) in [6, 6.07) is 4.96. The van der Waals surface area contributed by atoms with E-state index in [1.807, 2.05) is 13.8 Å². The van der Waals surface area contributed by atoms with Gasteiger partial charge in [0.15, 0.2) is 0 Å². The third-order valence-electron chi connectivity index (χ3n) is 3.82. The fourth-order valence-corrected chi connectivity index (χ4v) is 2.73. The van der Waals surface area contributed by atoms with Gasteiger partial charge in [-0.2, -0.15) is 0 Å². The van der Waals surface area contributed by atoms with Crippen molar-refractivity contribution in [1.82, 2.24) is 4.90 Å². The Kier molecular flexibility index (Phi) is 5.96. The van der Waals surface area contributed by atoms with Crippen LogP contribution in [0.1, 0.15) is 33.3 Å². The van der Waals surface area contributed by atoms with Crippen molar-refractivity contribution in [2.75, 3.05) is 13.1 Å². The summed E-state index contributed by atoms with van der Waals surface area (Å²) in [5, 5.41) is 10.4. The Morgan fingerprint density at radius 3 is 2.37 bits per heavy atom. The first-order valence-electron chi connectivity index (χ1n) is 6.69. The third-order valence-corrected chi connectivity index (χ3v) is 4.32. The monoisotopic (exact) mass is 331 g/mol. The molecule has 0 bridgehead atoms. The van der Waals surface area contributed by atoms with E-state index in [9.17, 15) is 9.50 Å². The zero-order chi connectivity index (χ0) is 14.6. The second kappa shape index (κ2) is 6.82. The van der Waals surface area contributed by atoms with Gasteiger partial charge in [0, 0.05) is 16.4 Å². The summed E-state index contributed by atoms with van der Waals surface area (Å²) in [7, 11) is 0. The highest BCUT2D eigenvalue weighted by Crippen LogP contribution is 2.24. The number of hydrogen-bond acceptors (Lipinski definition) is 2. The standard InChI is InChI=1S/C15H23BrFNO/c1-5-18(6-2)15(3,4)14(19)9-11-7-8-12(16)10-13(11)17/h7-8,10,14,19H,5-6,9H2,1-4H3. The summed E-state index contributed by atoms with van der Waals surface area (Å²) in [6.45, 7) is 9.87. The summed E-state index contributed by atoms with van der Waals surface area (Å²) in [4.78, 5) is 2.19. The molecule has 0 saturated carbocycles. The van der Waals surface area contributed by atoms with Crippen molar-refractivity contribution < 1.29 is 9.50 Å². The average Bonchev–Trinajstić information content (AvgIpc) is 2.33. The van der Waals surface area contributed by atoms with Gasteiger partial charge in [0.2, 0.25) is 0 Å². The zero-order valence-electron chi connectivity index (χ0n) is 12.1. The number of halogens is 2. The van der Waals surface area contributed by atoms with Gasteiger partial charge in [0.05, 0.1) is 6.10 Å². The van der Waals surface area contributed by atoms with Crippen LogP contribution >= 0.6 is 15.9 Å². The van der Waals surface area contributed by atoms with E-state index < -0.39 is 6.10 Å². The lowest BCUT2D eigenvalue weighted by Gasteiger charge is -2.41. The summed E-state index contributed by atoms with van der Waals surface area (Å²) in [5.41, 5.74) is 0.180. The summed E-state index contributed by atoms with van der Waals surface area (Å²) < 4.78 is 14.5. The van der Waals surface area contributed by atoms with Gasteiger partial charge in [0.1, 0.15) is 5.82 Å². The summed E-state index contributed by atoms with van der Waals surface area (Å²) in [6.07, 6.45) is -0.286. The first-order chi connectivity index (χ1) is 8.82. The number of aliphatic hydroxyl groups is 1. The third kappa shape index (κ3) is 4.01. The van der Waals surface area contributed by atoms with Gasteiger partial charge in [0.25, 0.3) is 0 Å². The molecule has 0 spiro atoms. The van der Waals surface area contributed by atoms with Crippen LogP contribution in [-0.4, -0.2) is 34.7 Å². The molecule has 0 saturated heterocycles. The highest BCUT2D eigenvalue weighted by atomic mass is 79.9. The molecule has 0 radical (unpaired) electrons. The van der Waals surface area contributed by atoms with Crippen LogP contribution < -0.4 is 0 Å². The van der Waals surface area contributed by atoms with E-state index in [-0.39, 0.29) is 11.4 Å². The molecule has 1 atom stereocenters. The highest BCUT2D eigenvalue weighted by molar-refractivity contribution is 9.10. The highest BCUT2D eigenvalue weighted by Gasteiger charge is 2.33. The van der Waals surface area contributed by atoms with Gasteiger partial charge in [-0.3, -0.25) is 4.90 Å². The van der Waals surface area contributed by atoms with Crippen LogP contribution in [0.5, 0.6) is 0 Å². The fourth-order valence-electron chi connectivity index (χ4n) is 2.39. The van der Waals surface area contributed by atoms with E-state index in [2.05, 4.69) is 34.7 Å². The van der Waals surface area contributed by atoms with E-state index in [4.69, 9.17) is 0 Å². The number of aliphatic hydroxyl groups excluding tert-OH is 1. The number of benzene rings is 1. The minimum Gasteiger partial charge on any atom is -0.391 e. The van der Waals surface area contributed by atoms with Crippen molar-refractivity contribution >= 4 is 15.9 Å². The molecular formula is C15H23BrFNO. The van der Waals surface area contributed by atoms with Gasteiger partial charge in [-0.1, -0.05) is 35.8 Å². The maximum absolute atomic E-state index is 13.8. The van der Waals surface area contributed by atoms with Gasteiger partial charge >= 0.3 is 0 Å². The minimum atomic E-state index is -0.608. The smallest absolute Gasteiger partial charge is 0.127 e. The second-order valence-corrected chi connectivity index (χ2v) is 6.20. The quantitative estimate of drug-likeness (QED) is 0.860. The largest absolute Gasteiger partial charge is 0.391 e. The number of hydrogen-bond donors (Lipinski definition) is 1. The maximum Gasteiger partial charge on any atom is 0.127 e. The molecule has 0 aliphatic heterocycles. The van der Waals surface area contributed by atoms with Crippen molar-refractivity contribution in [3.63, 3.8) is 0 Å². The Balaban J connectivity index is 2.86. The predicted molar refractivity (Wildman–Crippen MR) is 80.8 cm³/mol. The number of nitrogens with zero attached hydrogens (tertiary/aromatic N) is 1. The molecule has 2 nitrogen and oxygen atoms in total. The van der Waals surface area contributed by atoms with E-state index in [0.29, 0.717) is 16.5 Å². The van der Waals surface area contributed by atoms with Crippen LogP contribution in [0.3, 0.4) is 0 Å². The van der Waals surface area contributed by atoms with Crippen LogP contribution in [0.25, 0.3) is 0 Å². The van der Waals surface area contributed by atoms with Crippen molar-refractivity contribution in [1.29, 1.82) is 0 Å². The van der Waals surface area contributed by atoms with Crippen LogP contribution in [0.2, 0.25) is 0 Å². The predicted octanol–water partition coefficient (Wildman–Crippen LogP) is 3.61.